The van der Waals surface area contributed by atoms with E-state index in [4.69, 9.17) is 19.6 Å². The Balaban J connectivity index is 1.45. The Morgan fingerprint density at radius 1 is 1.28 bits per heavy atom. The Hall–Kier alpha value is -3.07. The fraction of sp³-hybridized carbons (Fsp3) is 0.333. The average Bonchev–Trinajstić information content (AvgIpc) is 3.15. The van der Waals surface area contributed by atoms with Crippen molar-refractivity contribution in [3.05, 3.63) is 66.3 Å². The summed E-state index contributed by atoms with van der Waals surface area (Å²) in [6.07, 6.45) is 6.63. The molecule has 5 rings (SSSR count). The molecule has 0 spiro atoms. The molecule has 1 fully saturated rings. The quantitative estimate of drug-likeness (QED) is 0.680. The number of ether oxygens (including phenoxy) is 2. The molecule has 3 aliphatic heterocycles. The molecule has 2 aromatic rings. The van der Waals surface area contributed by atoms with Crippen molar-refractivity contribution in [2.75, 3.05) is 33.4 Å². The van der Waals surface area contributed by atoms with Crippen LogP contribution in [0.2, 0.25) is 0 Å². The number of hydrogen-bond donors (Lipinski definition) is 2. The first-order valence-electron chi connectivity index (χ1n) is 10.8. The van der Waals surface area contributed by atoms with Crippen LogP contribution in [0.4, 0.5) is 4.39 Å². The fourth-order valence-corrected chi connectivity index (χ4v) is 4.22. The maximum atomic E-state index is 14.3. The third kappa shape index (κ3) is 3.70. The monoisotopic (exact) mass is 437 g/mol. The molecule has 0 bridgehead atoms. The van der Waals surface area contributed by atoms with Gasteiger partial charge in [0.15, 0.2) is 5.70 Å². The van der Waals surface area contributed by atoms with Gasteiger partial charge in [0.25, 0.3) is 0 Å². The fourth-order valence-electron chi connectivity index (χ4n) is 4.22. The molecule has 0 aliphatic carbocycles. The molecule has 1 saturated heterocycles. The number of hydrogen-bond acceptors (Lipinski definition) is 6. The van der Waals surface area contributed by atoms with Gasteiger partial charge in [-0.15, -0.1) is 0 Å². The average molecular weight is 437 g/mol. The lowest BCUT2D eigenvalue weighted by molar-refractivity contribution is -0.681. The number of alkyl halides is 1. The number of aliphatic hydroxyl groups is 1. The van der Waals surface area contributed by atoms with Gasteiger partial charge in [0, 0.05) is 18.0 Å². The number of pyridine rings is 1. The minimum atomic E-state index is -1.05. The van der Waals surface area contributed by atoms with Crippen molar-refractivity contribution in [1.29, 1.82) is 0 Å². The maximum Gasteiger partial charge on any atom is 0.241 e. The van der Waals surface area contributed by atoms with Crippen LogP contribution in [0, 0.1) is 0 Å². The summed E-state index contributed by atoms with van der Waals surface area (Å²) in [6.45, 7) is 1.24. The Kier molecular flexibility index (Phi) is 5.50. The molecule has 2 unspecified atom stereocenters. The second-order valence-electron chi connectivity index (χ2n) is 8.20. The number of para-hydroxylation sites is 1. The number of rotatable bonds is 6. The van der Waals surface area contributed by atoms with E-state index in [1.165, 1.54) is 0 Å². The van der Waals surface area contributed by atoms with Crippen molar-refractivity contribution in [2.24, 2.45) is 4.99 Å². The molecular formula is C24H26FN4O3+. The number of aromatic nitrogens is 1. The van der Waals surface area contributed by atoms with Gasteiger partial charge in [-0.25, -0.2) is 13.9 Å². The molecule has 32 heavy (non-hydrogen) atoms. The van der Waals surface area contributed by atoms with Crippen LogP contribution in [0.1, 0.15) is 12.1 Å². The van der Waals surface area contributed by atoms with Crippen LogP contribution < -0.4 is 10.1 Å². The van der Waals surface area contributed by atoms with Crippen LogP contribution in [0.3, 0.4) is 0 Å². The number of allylic oxidation sites excluding steroid dienone is 1. The number of nitrogens with zero attached hydrogens (tertiary/aromatic N) is 3. The third-order valence-corrected chi connectivity index (χ3v) is 6.04. The summed E-state index contributed by atoms with van der Waals surface area (Å²) in [7, 11) is 2.03. The lowest BCUT2D eigenvalue weighted by atomic mass is 10.1. The number of aliphatic hydroxyl groups excluding tert-OH is 1. The minimum Gasteiger partial charge on any atom is -0.491 e. The summed E-state index contributed by atoms with van der Waals surface area (Å²) < 4.78 is 26.3. The highest BCUT2D eigenvalue weighted by atomic mass is 19.1. The summed E-state index contributed by atoms with van der Waals surface area (Å²) in [5, 5.41) is 13.0. The summed E-state index contributed by atoms with van der Waals surface area (Å²) >= 11 is 0. The highest BCUT2D eigenvalue weighted by Crippen LogP contribution is 2.36. The standard InChI is InChI=1S/C24H26FN4O3/c1-29-10-8-17(31-12-11-30)13-23(29)27-15-20(29)19-6-5-16-3-2-4-22(24(16)28-19)32-21-7-9-26-14-18(21)25/h2-6,8,10,13,15,18,21,26,30H,7,9,11-12,14H2,1H3/q+1/t18?,21-,29?/m0/s1. The van der Waals surface area contributed by atoms with Crippen molar-refractivity contribution < 1.29 is 23.5 Å². The molecule has 0 saturated carbocycles. The Bertz CT molecular complexity index is 1160. The van der Waals surface area contributed by atoms with Crippen molar-refractivity contribution >= 4 is 22.4 Å². The second-order valence-corrected chi connectivity index (χ2v) is 8.20. The van der Waals surface area contributed by atoms with Gasteiger partial charge in [-0.2, -0.15) is 4.99 Å². The Morgan fingerprint density at radius 3 is 3.03 bits per heavy atom. The van der Waals surface area contributed by atoms with E-state index < -0.39 is 12.3 Å². The molecule has 0 amide bonds. The zero-order valence-corrected chi connectivity index (χ0v) is 17.9. The predicted molar refractivity (Wildman–Crippen MR) is 120 cm³/mol. The van der Waals surface area contributed by atoms with Crippen LogP contribution in [0.15, 0.2) is 65.6 Å². The largest absolute Gasteiger partial charge is 0.491 e. The smallest absolute Gasteiger partial charge is 0.241 e. The van der Waals surface area contributed by atoms with Crippen LogP contribution >= 0.6 is 0 Å². The van der Waals surface area contributed by atoms with Crippen LogP contribution in [0.5, 0.6) is 5.75 Å². The van der Waals surface area contributed by atoms with E-state index in [0.29, 0.717) is 34.5 Å². The molecular weight excluding hydrogens is 411 g/mol. The first-order valence-corrected chi connectivity index (χ1v) is 10.8. The molecule has 3 atom stereocenters. The highest BCUT2D eigenvalue weighted by Gasteiger charge is 2.40. The van der Waals surface area contributed by atoms with Gasteiger partial charge in [0.2, 0.25) is 5.84 Å². The zero-order chi connectivity index (χ0) is 22.1. The zero-order valence-electron chi connectivity index (χ0n) is 17.9. The number of benzene rings is 1. The van der Waals surface area contributed by atoms with Gasteiger partial charge in [-0.1, -0.05) is 18.2 Å². The van der Waals surface area contributed by atoms with E-state index in [9.17, 15) is 4.39 Å². The number of likely N-dealkylation sites (N-methyl/N-ethyl adjacent to an activating group) is 1. The molecule has 8 heteroatoms. The number of halogens is 1. The van der Waals surface area contributed by atoms with Gasteiger partial charge in [-0.3, -0.25) is 0 Å². The summed E-state index contributed by atoms with van der Waals surface area (Å²) in [4.78, 5) is 9.49. The number of quaternary nitrogens is 1. The molecule has 3 aliphatic rings. The lowest BCUT2D eigenvalue weighted by Gasteiger charge is -2.29. The van der Waals surface area contributed by atoms with Crippen molar-refractivity contribution in [3.63, 3.8) is 0 Å². The number of amidine groups is 1. The van der Waals surface area contributed by atoms with E-state index in [1.54, 1.807) is 0 Å². The summed E-state index contributed by atoms with van der Waals surface area (Å²) in [5.74, 6) is 2.06. The summed E-state index contributed by atoms with van der Waals surface area (Å²) in [5.41, 5.74) is 2.39. The van der Waals surface area contributed by atoms with Gasteiger partial charge in [0.1, 0.15) is 47.8 Å². The van der Waals surface area contributed by atoms with Crippen LogP contribution in [-0.4, -0.2) is 66.0 Å². The summed E-state index contributed by atoms with van der Waals surface area (Å²) in [6, 6.07) is 9.71. The lowest BCUT2D eigenvalue weighted by Crippen LogP contribution is -2.44. The van der Waals surface area contributed by atoms with Crippen molar-refractivity contribution in [1.82, 2.24) is 10.3 Å². The third-order valence-electron chi connectivity index (χ3n) is 6.04. The van der Waals surface area contributed by atoms with Gasteiger partial charge in [-0.05, 0) is 25.1 Å². The van der Waals surface area contributed by atoms with Crippen molar-refractivity contribution in [2.45, 2.75) is 18.7 Å². The first-order chi connectivity index (χ1) is 15.6. The number of nitrogens with one attached hydrogen (secondary N) is 1. The number of aliphatic imine (C=N–C) groups is 1. The van der Waals surface area contributed by atoms with E-state index in [2.05, 4.69) is 10.3 Å². The topological polar surface area (TPSA) is 76.0 Å². The van der Waals surface area contributed by atoms with E-state index >= 15 is 0 Å². The first kappa shape index (κ1) is 20.8. The van der Waals surface area contributed by atoms with E-state index in [1.807, 2.05) is 61.9 Å². The molecule has 166 valence electrons. The predicted octanol–water partition coefficient (Wildman–Crippen LogP) is 2.89. The normalized spacial score (nSPS) is 26.9. The van der Waals surface area contributed by atoms with Crippen molar-refractivity contribution in [3.8, 4) is 5.75 Å². The minimum absolute atomic E-state index is 0.0424. The molecule has 0 radical (unpaired) electrons. The Labute approximate surface area is 185 Å². The molecule has 4 heterocycles. The van der Waals surface area contributed by atoms with Gasteiger partial charge in [0.05, 0.1) is 25.9 Å². The maximum absolute atomic E-state index is 14.3. The highest BCUT2D eigenvalue weighted by molar-refractivity contribution is 5.96. The number of fused-ring (bicyclic) bond motifs is 2. The van der Waals surface area contributed by atoms with E-state index in [0.717, 1.165) is 29.2 Å². The number of piperidine rings is 1. The van der Waals surface area contributed by atoms with Crippen LogP contribution in [-0.2, 0) is 4.74 Å². The van der Waals surface area contributed by atoms with Crippen LogP contribution in [0.25, 0.3) is 16.6 Å². The molecule has 1 aromatic heterocycles. The SMILES string of the molecule is C[N+]12C=CC(OCCO)=CC1=NC=C2c1ccc2cccc(O[C@H]3CCNCC3F)c2n1. The van der Waals surface area contributed by atoms with Gasteiger partial charge >= 0.3 is 0 Å². The molecule has 2 N–H and O–H groups in total. The molecule has 1 aromatic carbocycles. The van der Waals surface area contributed by atoms with E-state index in [-0.39, 0.29) is 13.2 Å². The second kappa shape index (κ2) is 8.46. The Morgan fingerprint density at radius 2 is 2.19 bits per heavy atom. The molecule has 7 nitrogen and oxygen atoms in total. The van der Waals surface area contributed by atoms with Gasteiger partial charge < -0.3 is 19.9 Å².